The highest BCUT2D eigenvalue weighted by atomic mass is 32.2. The van der Waals surface area contributed by atoms with Gasteiger partial charge in [0.05, 0.1) is 17.7 Å². The standard InChI is InChI=1S/C18H22N2O2S/c1-11(17(10-21)23-2)19-18(22)14-9-16(12-7-8-12)20-15-6-4-3-5-13(14)15/h3-6,9,11-12,17,21H,7-8,10H2,1-2H3,(H,19,22). The summed E-state index contributed by atoms with van der Waals surface area (Å²) >= 11 is 1.56. The summed E-state index contributed by atoms with van der Waals surface area (Å²) < 4.78 is 0. The molecular formula is C18H22N2O2S. The predicted octanol–water partition coefficient (Wildman–Crippen LogP) is 2.95. The number of aromatic nitrogens is 1. The molecular weight excluding hydrogens is 308 g/mol. The van der Waals surface area contributed by atoms with E-state index in [2.05, 4.69) is 5.32 Å². The number of benzene rings is 1. The van der Waals surface area contributed by atoms with Crippen molar-refractivity contribution in [2.45, 2.75) is 37.0 Å². The van der Waals surface area contributed by atoms with Crippen LogP contribution in [0.3, 0.4) is 0 Å². The Labute approximate surface area is 140 Å². The van der Waals surface area contributed by atoms with Gasteiger partial charge in [-0.15, -0.1) is 0 Å². The fraction of sp³-hybridized carbons (Fsp3) is 0.444. The lowest BCUT2D eigenvalue weighted by Gasteiger charge is -2.21. The maximum Gasteiger partial charge on any atom is 0.252 e. The molecule has 0 saturated heterocycles. The van der Waals surface area contributed by atoms with E-state index in [1.165, 1.54) is 0 Å². The molecule has 122 valence electrons. The number of carbonyl (C=O) groups is 1. The SMILES string of the molecule is CSC(CO)C(C)NC(=O)c1cc(C2CC2)nc2ccccc12. The van der Waals surface area contributed by atoms with E-state index in [4.69, 9.17) is 4.98 Å². The van der Waals surface area contributed by atoms with Gasteiger partial charge in [-0.2, -0.15) is 11.8 Å². The first-order valence-electron chi connectivity index (χ1n) is 7.98. The lowest BCUT2D eigenvalue weighted by molar-refractivity contribution is 0.0937. The van der Waals surface area contributed by atoms with Gasteiger partial charge >= 0.3 is 0 Å². The first-order chi connectivity index (χ1) is 11.1. The zero-order valence-corrected chi connectivity index (χ0v) is 14.3. The van der Waals surface area contributed by atoms with Crippen molar-refractivity contribution in [2.24, 2.45) is 0 Å². The monoisotopic (exact) mass is 330 g/mol. The molecule has 1 aromatic heterocycles. The molecule has 2 N–H and O–H groups in total. The van der Waals surface area contributed by atoms with E-state index in [0.717, 1.165) is 29.4 Å². The topological polar surface area (TPSA) is 62.2 Å². The molecule has 1 aliphatic rings. The van der Waals surface area contributed by atoms with E-state index >= 15 is 0 Å². The van der Waals surface area contributed by atoms with Gasteiger partial charge in [-0.25, -0.2) is 0 Å². The summed E-state index contributed by atoms with van der Waals surface area (Å²) in [6.07, 6.45) is 4.25. The summed E-state index contributed by atoms with van der Waals surface area (Å²) in [6.45, 7) is 1.98. The Morgan fingerprint density at radius 3 is 2.83 bits per heavy atom. The van der Waals surface area contributed by atoms with Crippen LogP contribution < -0.4 is 5.32 Å². The van der Waals surface area contributed by atoms with Crippen molar-refractivity contribution in [3.05, 3.63) is 41.6 Å². The van der Waals surface area contributed by atoms with Crippen molar-refractivity contribution in [2.75, 3.05) is 12.9 Å². The van der Waals surface area contributed by atoms with Crippen molar-refractivity contribution in [3.8, 4) is 0 Å². The second-order valence-electron chi connectivity index (χ2n) is 6.10. The van der Waals surface area contributed by atoms with E-state index in [0.29, 0.717) is 11.5 Å². The van der Waals surface area contributed by atoms with Crippen LogP contribution in [0, 0.1) is 0 Å². The second-order valence-corrected chi connectivity index (χ2v) is 7.18. The summed E-state index contributed by atoms with van der Waals surface area (Å²) in [5.41, 5.74) is 2.57. The third-order valence-electron chi connectivity index (χ3n) is 4.38. The molecule has 0 aliphatic heterocycles. The van der Waals surface area contributed by atoms with Gasteiger partial charge in [-0.1, -0.05) is 18.2 Å². The van der Waals surface area contributed by atoms with Crippen molar-refractivity contribution in [1.29, 1.82) is 0 Å². The van der Waals surface area contributed by atoms with Crippen LogP contribution in [0.2, 0.25) is 0 Å². The fourth-order valence-electron chi connectivity index (χ4n) is 2.79. The van der Waals surface area contributed by atoms with E-state index in [1.807, 2.05) is 43.5 Å². The number of para-hydroxylation sites is 1. The smallest absolute Gasteiger partial charge is 0.252 e. The van der Waals surface area contributed by atoms with Crippen LogP contribution in [0.1, 0.15) is 41.7 Å². The zero-order chi connectivity index (χ0) is 16.4. The average Bonchev–Trinajstić information content (AvgIpc) is 3.39. The average molecular weight is 330 g/mol. The maximum atomic E-state index is 12.8. The number of hydrogen-bond acceptors (Lipinski definition) is 4. The van der Waals surface area contributed by atoms with Gasteiger partial charge in [0, 0.05) is 28.3 Å². The number of fused-ring (bicyclic) bond motifs is 1. The number of aliphatic hydroxyl groups is 1. The minimum absolute atomic E-state index is 0.00467. The van der Waals surface area contributed by atoms with Crippen LogP contribution in [0.25, 0.3) is 10.9 Å². The van der Waals surface area contributed by atoms with Crippen molar-refractivity contribution >= 4 is 28.6 Å². The Kier molecular flexibility index (Phi) is 4.87. The Hall–Kier alpha value is -1.59. The van der Waals surface area contributed by atoms with E-state index < -0.39 is 0 Å². The van der Waals surface area contributed by atoms with Gasteiger partial charge in [0.25, 0.3) is 5.91 Å². The molecule has 1 fully saturated rings. The molecule has 5 heteroatoms. The van der Waals surface area contributed by atoms with Gasteiger partial charge in [0.2, 0.25) is 0 Å². The molecule has 4 nitrogen and oxygen atoms in total. The maximum absolute atomic E-state index is 12.8. The number of amides is 1. The van der Waals surface area contributed by atoms with Crippen molar-refractivity contribution < 1.29 is 9.90 Å². The molecule has 1 saturated carbocycles. The molecule has 1 heterocycles. The minimum atomic E-state index is -0.0983. The third kappa shape index (κ3) is 3.51. The minimum Gasteiger partial charge on any atom is -0.395 e. The molecule has 0 spiro atoms. The first kappa shape index (κ1) is 16.3. The highest BCUT2D eigenvalue weighted by Crippen LogP contribution is 2.40. The second kappa shape index (κ2) is 6.89. The van der Waals surface area contributed by atoms with Gasteiger partial charge in [-0.3, -0.25) is 9.78 Å². The van der Waals surface area contributed by atoms with Crippen LogP contribution in [-0.4, -0.2) is 40.2 Å². The quantitative estimate of drug-likeness (QED) is 0.855. The van der Waals surface area contributed by atoms with Crippen molar-refractivity contribution in [1.82, 2.24) is 10.3 Å². The number of thioether (sulfide) groups is 1. The Bertz CT molecular complexity index is 711. The molecule has 0 bridgehead atoms. The number of aliphatic hydroxyl groups excluding tert-OH is 1. The molecule has 1 aromatic carbocycles. The summed E-state index contributed by atoms with van der Waals surface area (Å²) in [7, 11) is 0. The lowest BCUT2D eigenvalue weighted by Crippen LogP contribution is -2.41. The Morgan fingerprint density at radius 1 is 1.43 bits per heavy atom. The summed E-state index contributed by atoms with van der Waals surface area (Å²) in [6, 6.07) is 9.62. The molecule has 23 heavy (non-hydrogen) atoms. The number of hydrogen-bond donors (Lipinski definition) is 2. The molecule has 3 rings (SSSR count). The van der Waals surface area contributed by atoms with Crippen LogP contribution in [0.4, 0.5) is 0 Å². The number of nitrogens with one attached hydrogen (secondary N) is 1. The number of carbonyl (C=O) groups excluding carboxylic acids is 1. The van der Waals surface area contributed by atoms with Crippen LogP contribution in [-0.2, 0) is 0 Å². The zero-order valence-electron chi connectivity index (χ0n) is 13.5. The molecule has 2 aromatic rings. The Morgan fingerprint density at radius 2 is 2.17 bits per heavy atom. The van der Waals surface area contributed by atoms with Gasteiger partial charge < -0.3 is 10.4 Å². The molecule has 2 unspecified atom stereocenters. The highest BCUT2D eigenvalue weighted by Gasteiger charge is 2.27. The predicted molar refractivity (Wildman–Crippen MR) is 95.0 cm³/mol. The van der Waals surface area contributed by atoms with E-state index in [-0.39, 0.29) is 23.8 Å². The molecule has 1 amide bonds. The van der Waals surface area contributed by atoms with E-state index in [1.54, 1.807) is 11.8 Å². The van der Waals surface area contributed by atoms with Gasteiger partial charge in [0.1, 0.15) is 0 Å². The normalized spacial score (nSPS) is 17.0. The third-order valence-corrected chi connectivity index (χ3v) is 5.54. The van der Waals surface area contributed by atoms with Crippen LogP contribution in [0.15, 0.2) is 30.3 Å². The summed E-state index contributed by atoms with van der Waals surface area (Å²) in [4.78, 5) is 17.5. The first-order valence-corrected chi connectivity index (χ1v) is 9.27. The fourth-order valence-corrected chi connectivity index (χ4v) is 3.41. The number of nitrogens with zero attached hydrogens (tertiary/aromatic N) is 1. The summed E-state index contributed by atoms with van der Waals surface area (Å²) in [5.74, 6) is 0.408. The Balaban J connectivity index is 1.92. The lowest BCUT2D eigenvalue weighted by atomic mass is 10.0. The molecule has 1 aliphatic carbocycles. The van der Waals surface area contributed by atoms with Crippen LogP contribution >= 0.6 is 11.8 Å². The van der Waals surface area contributed by atoms with Crippen LogP contribution in [0.5, 0.6) is 0 Å². The number of rotatable bonds is 6. The number of pyridine rings is 1. The van der Waals surface area contributed by atoms with Crippen molar-refractivity contribution in [3.63, 3.8) is 0 Å². The van der Waals surface area contributed by atoms with Gasteiger partial charge in [0.15, 0.2) is 0 Å². The van der Waals surface area contributed by atoms with Gasteiger partial charge in [-0.05, 0) is 38.2 Å². The highest BCUT2D eigenvalue weighted by molar-refractivity contribution is 7.99. The molecule has 0 radical (unpaired) electrons. The molecule has 2 atom stereocenters. The summed E-state index contributed by atoms with van der Waals surface area (Å²) in [5, 5.41) is 13.3. The van der Waals surface area contributed by atoms with E-state index in [9.17, 15) is 9.90 Å². The largest absolute Gasteiger partial charge is 0.395 e.